The van der Waals surface area contributed by atoms with Crippen LogP contribution in [0.2, 0.25) is 0 Å². The van der Waals surface area contributed by atoms with E-state index in [1.165, 1.54) is 4.57 Å². The summed E-state index contributed by atoms with van der Waals surface area (Å²) in [5.74, 6) is 1.25. The number of aryl methyl sites for hydroxylation is 1. The van der Waals surface area contributed by atoms with Crippen molar-refractivity contribution in [1.82, 2.24) is 19.5 Å². The molecule has 0 spiro atoms. The summed E-state index contributed by atoms with van der Waals surface area (Å²) >= 11 is 0. The molecule has 1 aliphatic rings. The Morgan fingerprint density at radius 3 is 2.73 bits per heavy atom. The zero-order chi connectivity index (χ0) is 10.6. The molecule has 0 aromatic carbocycles. The third-order valence-corrected chi connectivity index (χ3v) is 2.74. The molecule has 2 aromatic rings. The van der Waals surface area contributed by atoms with E-state index >= 15 is 0 Å². The standard InChI is InChI=1S/C9H10N4O2/c1-13-7-5(8(14)12-9(13)15)10-6(11-7)4-2-3-4/h4H,2-3H2,1H3,(H,10,11)(H,12,14,15). The summed E-state index contributed by atoms with van der Waals surface area (Å²) in [4.78, 5) is 32.3. The van der Waals surface area contributed by atoms with Crippen LogP contribution in [0, 0.1) is 0 Å². The fraction of sp³-hybridized carbons (Fsp3) is 0.444. The van der Waals surface area contributed by atoms with Crippen LogP contribution in [0.1, 0.15) is 24.6 Å². The van der Waals surface area contributed by atoms with Crippen LogP contribution < -0.4 is 11.2 Å². The normalized spacial score (nSPS) is 16.1. The Morgan fingerprint density at radius 2 is 2.07 bits per heavy atom. The highest BCUT2D eigenvalue weighted by Gasteiger charge is 2.27. The number of hydrogen-bond acceptors (Lipinski definition) is 3. The van der Waals surface area contributed by atoms with Gasteiger partial charge < -0.3 is 4.98 Å². The Bertz CT molecular complexity index is 644. The minimum atomic E-state index is -0.429. The van der Waals surface area contributed by atoms with Crippen molar-refractivity contribution in [3.8, 4) is 0 Å². The van der Waals surface area contributed by atoms with E-state index in [1.807, 2.05) is 0 Å². The van der Waals surface area contributed by atoms with Crippen molar-refractivity contribution in [2.45, 2.75) is 18.8 Å². The number of imidazole rings is 1. The number of aromatic amines is 2. The van der Waals surface area contributed by atoms with Crippen LogP contribution >= 0.6 is 0 Å². The zero-order valence-corrected chi connectivity index (χ0v) is 8.20. The number of nitrogens with zero attached hydrogens (tertiary/aromatic N) is 2. The lowest BCUT2D eigenvalue weighted by atomic mass is 10.4. The second kappa shape index (κ2) is 2.59. The van der Waals surface area contributed by atoms with Gasteiger partial charge in [-0.1, -0.05) is 0 Å². The van der Waals surface area contributed by atoms with E-state index in [9.17, 15) is 9.59 Å². The average Bonchev–Trinajstić information content (AvgIpc) is 2.94. The molecule has 0 saturated heterocycles. The number of fused-ring (bicyclic) bond motifs is 1. The van der Waals surface area contributed by atoms with Crippen molar-refractivity contribution >= 4 is 11.2 Å². The second-order valence-electron chi connectivity index (χ2n) is 3.91. The predicted molar refractivity (Wildman–Crippen MR) is 53.9 cm³/mol. The van der Waals surface area contributed by atoms with Gasteiger partial charge in [-0.3, -0.25) is 14.3 Å². The Balaban J connectivity index is 2.42. The lowest BCUT2D eigenvalue weighted by Crippen LogP contribution is -2.28. The molecule has 2 N–H and O–H groups in total. The highest BCUT2D eigenvalue weighted by atomic mass is 16.2. The Hall–Kier alpha value is -1.85. The molecule has 78 valence electrons. The molecule has 3 rings (SSSR count). The van der Waals surface area contributed by atoms with Crippen LogP contribution in [0.4, 0.5) is 0 Å². The molecule has 0 unspecified atom stereocenters. The van der Waals surface area contributed by atoms with Crippen molar-refractivity contribution in [2.24, 2.45) is 7.05 Å². The Kier molecular flexibility index (Phi) is 1.46. The lowest BCUT2D eigenvalue weighted by molar-refractivity contribution is 0.830. The molecule has 0 bridgehead atoms. The third kappa shape index (κ3) is 1.14. The van der Waals surface area contributed by atoms with E-state index in [1.54, 1.807) is 7.05 Å². The molecule has 15 heavy (non-hydrogen) atoms. The molecule has 1 saturated carbocycles. The summed E-state index contributed by atoms with van der Waals surface area (Å²) in [6, 6.07) is 0. The second-order valence-corrected chi connectivity index (χ2v) is 3.91. The molecule has 1 fully saturated rings. The number of rotatable bonds is 1. The number of H-pyrrole nitrogens is 2. The van der Waals surface area contributed by atoms with Crippen molar-refractivity contribution in [2.75, 3.05) is 0 Å². The molecule has 1 aliphatic carbocycles. The van der Waals surface area contributed by atoms with E-state index in [-0.39, 0.29) is 0 Å². The molecule has 2 heterocycles. The van der Waals surface area contributed by atoms with Crippen molar-refractivity contribution in [1.29, 1.82) is 0 Å². The van der Waals surface area contributed by atoms with Gasteiger partial charge in [-0.25, -0.2) is 9.78 Å². The first-order chi connectivity index (χ1) is 7.16. The molecule has 0 amide bonds. The average molecular weight is 206 g/mol. The van der Waals surface area contributed by atoms with Gasteiger partial charge in [0.2, 0.25) is 0 Å². The summed E-state index contributed by atoms with van der Waals surface area (Å²) in [6.07, 6.45) is 2.21. The smallest absolute Gasteiger partial charge is 0.329 e. The SMILES string of the molecule is Cn1c(=O)[nH]c(=O)c2[nH]c(C3CC3)nc21. The summed E-state index contributed by atoms with van der Waals surface area (Å²) in [5, 5.41) is 0. The quantitative estimate of drug-likeness (QED) is 0.679. The third-order valence-electron chi connectivity index (χ3n) is 2.74. The monoisotopic (exact) mass is 206 g/mol. The Labute approximate surface area is 84.0 Å². The predicted octanol–water partition coefficient (Wildman–Crippen LogP) is -0.173. The van der Waals surface area contributed by atoms with Gasteiger partial charge in [-0.05, 0) is 12.8 Å². The fourth-order valence-electron chi connectivity index (χ4n) is 1.67. The van der Waals surface area contributed by atoms with Gasteiger partial charge in [-0.2, -0.15) is 0 Å². The summed E-state index contributed by atoms with van der Waals surface area (Å²) in [6.45, 7) is 0. The van der Waals surface area contributed by atoms with E-state index < -0.39 is 11.2 Å². The highest BCUT2D eigenvalue weighted by molar-refractivity contribution is 5.69. The van der Waals surface area contributed by atoms with Gasteiger partial charge in [0.1, 0.15) is 11.3 Å². The van der Waals surface area contributed by atoms with Gasteiger partial charge in [0.05, 0.1) is 0 Å². The summed E-state index contributed by atoms with van der Waals surface area (Å²) < 4.78 is 1.35. The maximum Gasteiger partial charge on any atom is 0.329 e. The number of nitrogens with one attached hydrogen (secondary N) is 2. The minimum Gasteiger partial charge on any atom is -0.336 e. The van der Waals surface area contributed by atoms with Crippen molar-refractivity contribution in [3.05, 3.63) is 26.7 Å². The van der Waals surface area contributed by atoms with Crippen LogP contribution in [0.5, 0.6) is 0 Å². The van der Waals surface area contributed by atoms with E-state index in [0.717, 1.165) is 18.7 Å². The minimum absolute atomic E-state index is 0.388. The first kappa shape index (κ1) is 8.46. The molecular weight excluding hydrogens is 196 g/mol. The van der Waals surface area contributed by atoms with Gasteiger partial charge in [-0.15, -0.1) is 0 Å². The number of aromatic nitrogens is 4. The van der Waals surface area contributed by atoms with Crippen LogP contribution in [0.25, 0.3) is 11.2 Å². The van der Waals surface area contributed by atoms with Crippen LogP contribution in [-0.4, -0.2) is 19.5 Å². The van der Waals surface area contributed by atoms with Gasteiger partial charge in [0, 0.05) is 13.0 Å². The maximum atomic E-state index is 11.5. The molecule has 6 nitrogen and oxygen atoms in total. The first-order valence-electron chi connectivity index (χ1n) is 4.86. The van der Waals surface area contributed by atoms with Gasteiger partial charge in [0.25, 0.3) is 5.56 Å². The Morgan fingerprint density at radius 1 is 1.33 bits per heavy atom. The molecule has 0 radical (unpaired) electrons. The highest BCUT2D eigenvalue weighted by Crippen LogP contribution is 2.38. The van der Waals surface area contributed by atoms with Crippen LogP contribution in [-0.2, 0) is 7.05 Å². The largest absolute Gasteiger partial charge is 0.336 e. The van der Waals surface area contributed by atoms with E-state index in [2.05, 4.69) is 15.0 Å². The van der Waals surface area contributed by atoms with Crippen molar-refractivity contribution < 1.29 is 0 Å². The van der Waals surface area contributed by atoms with E-state index in [4.69, 9.17) is 0 Å². The topological polar surface area (TPSA) is 83.5 Å². The molecular formula is C9H10N4O2. The van der Waals surface area contributed by atoms with Crippen LogP contribution in [0.3, 0.4) is 0 Å². The molecule has 6 heteroatoms. The summed E-state index contributed by atoms with van der Waals surface area (Å²) in [5.41, 5.74) is -0.00139. The van der Waals surface area contributed by atoms with Gasteiger partial charge >= 0.3 is 5.69 Å². The maximum absolute atomic E-state index is 11.5. The zero-order valence-electron chi connectivity index (χ0n) is 8.20. The van der Waals surface area contributed by atoms with Crippen LogP contribution in [0.15, 0.2) is 9.59 Å². The molecule has 2 aromatic heterocycles. The molecule has 0 atom stereocenters. The van der Waals surface area contributed by atoms with Crippen molar-refractivity contribution in [3.63, 3.8) is 0 Å². The fourth-order valence-corrected chi connectivity index (χ4v) is 1.67. The lowest BCUT2D eigenvalue weighted by Gasteiger charge is -1.94. The first-order valence-corrected chi connectivity index (χ1v) is 4.86. The van der Waals surface area contributed by atoms with E-state index in [0.29, 0.717) is 17.1 Å². The molecule has 0 aliphatic heterocycles. The number of hydrogen-bond donors (Lipinski definition) is 2. The summed E-state index contributed by atoms with van der Waals surface area (Å²) in [7, 11) is 1.60. The van der Waals surface area contributed by atoms with Gasteiger partial charge in [0.15, 0.2) is 5.65 Å².